The van der Waals surface area contributed by atoms with Crippen LogP contribution in [0.15, 0.2) is 30.9 Å². The maximum Gasteiger partial charge on any atom is 0.414 e. The van der Waals surface area contributed by atoms with Crippen LogP contribution in [0.25, 0.3) is 0 Å². The van der Waals surface area contributed by atoms with Crippen molar-refractivity contribution in [3.8, 4) is 0 Å². The first kappa shape index (κ1) is 22.9. The lowest BCUT2D eigenvalue weighted by molar-refractivity contribution is -0.149. The van der Waals surface area contributed by atoms with Crippen LogP contribution in [0.5, 0.6) is 0 Å². The van der Waals surface area contributed by atoms with Crippen molar-refractivity contribution < 1.29 is 29.0 Å². The van der Waals surface area contributed by atoms with E-state index in [0.29, 0.717) is 43.9 Å². The summed E-state index contributed by atoms with van der Waals surface area (Å²) in [7, 11) is 0. The van der Waals surface area contributed by atoms with Gasteiger partial charge in [-0.1, -0.05) is 13.0 Å². The number of carbonyl (C=O) groups excluding carboxylic acids is 3. The number of hydrogen-bond donors (Lipinski definition) is 1. The van der Waals surface area contributed by atoms with Crippen molar-refractivity contribution in [2.75, 3.05) is 42.6 Å². The van der Waals surface area contributed by atoms with Crippen molar-refractivity contribution in [1.29, 1.82) is 0 Å². The van der Waals surface area contributed by atoms with Gasteiger partial charge in [-0.15, -0.1) is 6.58 Å². The smallest absolute Gasteiger partial charge is 0.414 e. The zero-order valence-corrected chi connectivity index (χ0v) is 19.4. The minimum absolute atomic E-state index is 0.0400. The molecule has 9 heteroatoms. The number of aliphatic hydroxyl groups is 1. The summed E-state index contributed by atoms with van der Waals surface area (Å²) >= 11 is 0. The summed E-state index contributed by atoms with van der Waals surface area (Å²) < 4.78 is 11.6. The number of carbonyl (C=O) groups is 3. The maximum atomic E-state index is 13.8. The molecule has 34 heavy (non-hydrogen) atoms. The summed E-state index contributed by atoms with van der Waals surface area (Å²) in [5.41, 5.74) is 0.894. The van der Waals surface area contributed by atoms with Gasteiger partial charge in [-0.3, -0.25) is 14.5 Å². The van der Waals surface area contributed by atoms with Gasteiger partial charge in [0.1, 0.15) is 6.61 Å². The molecule has 5 rings (SSSR count). The molecule has 9 nitrogen and oxygen atoms in total. The molecule has 1 aromatic rings. The van der Waals surface area contributed by atoms with Crippen molar-refractivity contribution in [3.05, 3.63) is 36.4 Å². The van der Waals surface area contributed by atoms with Crippen molar-refractivity contribution >= 4 is 29.3 Å². The highest BCUT2D eigenvalue weighted by molar-refractivity contribution is 6.08. The van der Waals surface area contributed by atoms with Crippen molar-refractivity contribution in [1.82, 2.24) is 4.90 Å². The first-order chi connectivity index (χ1) is 16.4. The minimum atomic E-state index is -1.22. The van der Waals surface area contributed by atoms with E-state index in [1.807, 2.05) is 25.1 Å². The summed E-state index contributed by atoms with van der Waals surface area (Å²) in [5.74, 6) is -0.382. The van der Waals surface area contributed by atoms with Crippen molar-refractivity contribution in [2.45, 2.75) is 50.4 Å². The molecule has 1 N–H and O–H groups in total. The molecule has 0 aliphatic carbocycles. The number of nitrogens with zero attached hydrogens (tertiary/aromatic N) is 3. The Kier molecular flexibility index (Phi) is 5.85. The normalized spacial score (nSPS) is 30.4. The van der Waals surface area contributed by atoms with Crippen LogP contribution in [0.2, 0.25) is 0 Å². The monoisotopic (exact) mass is 469 g/mol. The van der Waals surface area contributed by atoms with Gasteiger partial charge in [0.15, 0.2) is 5.60 Å². The van der Waals surface area contributed by atoms with Crippen LogP contribution in [-0.2, 0) is 24.7 Å². The van der Waals surface area contributed by atoms with Gasteiger partial charge in [-0.2, -0.15) is 0 Å². The molecule has 4 atom stereocenters. The van der Waals surface area contributed by atoms with E-state index in [-0.39, 0.29) is 36.8 Å². The number of amides is 3. The second-order valence-corrected chi connectivity index (χ2v) is 9.55. The van der Waals surface area contributed by atoms with Crippen molar-refractivity contribution in [3.63, 3.8) is 0 Å². The second kappa shape index (κ2) is 8.70. The van der Waals surface area contributed by atoms with Gasteiger partial charge in [-0.05, 0) is 37.5 Å². The Morgan fingerprint density at radius 2 is 2.15 bits per heavy atom. The highest BCUT2D eigenvalue weighted by Crippen LogP contribution is 2.54. The van der Waals surface area contributed by atoms with Crippen LogP contribution in [0.1, 0.15) is 38.2 Å². The molecular formula is C25H31N3O6. The Hall–Kier alpha value is -2.91. The lowest BCUT2D eigenvalue weighted by atomic mass is 9.82. The summed E-state index contributed by atoms with van der Waals surface area (Å²) in [4.78, 5) is 43.9. The van der Waals surface area contributed by atoms with Crippen LogP contribution in [-0.4, -0.2) is 72.9 Å². The number of ether oxygens (including phenoxy) is 2. The van der Waals surface area contributed by atoms with E-state index in [9.17, 15) is 19.5 Å². The zero-order valence-electron chi connectivity index (χ0n) is 19.4. The molecule has 4 heterocycles. The van der Waals surface area contributed by atoms with Gasteiger partial charge in [0.2, 0.25) is 5.91 Å². The maximum absolute atomic E-state index is 13.8. The van der Waals surface area contributed by atoms with Crippen LogP contribution < -0.4 is 9.80 Å². The fraction of sp³-hybridized carbons (Fsp3) is 0.560. The summed E-state index contributed by atoms with van der Waals surface area (Å²) in [6, 6.07) is 5.37. The van der Waals surface area contributed by atoms with Crippen LogP contribution in [0, 0.1) is 5.92 Å². The predicted octanol–water partition coefficient (Wildman–Crippen LogP) is 2.17. The van der Waals surface area contributed by atoms with Crippen LogP contribution >= 0.6 is 0 Å². The average molecular weight is 470 g/mol. The van der Waals surface area contributed by atoms with E-state index in [4.69, 9.17) is 9.47 Å². The highest BCUT2D eigenvalue weighted by Gasteiger charge is 2.60. The summed E-state index contributed by atoms with van der Waals surface area (Å²) in [6.07, 6.45) is 3.27. The van der Waals surface area contributed by atoms with E-state index in [1.54, 1.807) is 20.8 Å². The summed E-state index contributed by atoms with van der Waals surface area (Å²) in [6.45, 7) is 7.49. The third kappa shape index (κ3) is 3.41. The lowest BCUT2D eigenvalue weighted by Gasteiger charge is -2.29. The molecule has 1 spiro atoms. The predicted molar refractivity (Wildman–Crippen MR) is 124 cm³/mol. The van der Waals surface area contributed by atoms with Crippen molar-refractivity contribution in [2.24, 2.45) is 5.92 Å². The number of cyclic esters (lactones) is 1. The molecule has 4 aliphatic heterocycles. The SMILES string of the molecule is C=CCN1C(=O)[C@]2(O[C@H](CC(=O)N3CCC[C@H]3CO)C[C@@H]2C)c2cc(N3CCOC3=O)ccc21. The second-order valence-electron chi connectivity index (χ2n) is 9.55. The molecule has 3 amide bonds. The third-order valence-electron chi connectivity index (χ3n) is 7.59. The Balaban J connectivity index is 1.46. The Morgan fingerprint density at radius 1 is 1.32 bits per heavy atom. The quantitative estimate of drug-likeness (QED) is 0.641. The van der Waals surface area contributed by atoms with Crippen LogP contribution in [0.3, 0.4) is 0 Å². The van der Waals surface area contributed by atoms with E-state index < -0.39 is 17.8 Å². The first-order valence-electron chi connectivity index (χ1n) is 12.0. The van der Waals surface area contributed by atoms with E-state index in [2.05, 4.69) is 6.58 Å². The molecule has 0 saturated carbocycles. The average Bonchev–Trinajstić information content (AvgIpc) is 3.58. The Morgan fingerprint density at radius 3 is 2.85 bits per heavy atom. The van der Waals surface area contributed by atoms with Gasteiger partial charge < -0.3 is 24.4 Å². The number of hydrogen-bond acceptors (Lipinski definition) is 6. The molecular weight excluding hydrogens is 438 g/mol. The minimum Gasteiger partial charge on any atom is -0.447 e. The Labute approximate surface area is 198 Å². The standard InChI is InChI=1S/C25H31N3O6/c1-3-8-28-21-7-6-17(27-10-11-33-24(27)32)13-20(21)25(23(28)31)16(2)12-19(34-25)14-22(30)26-9-4-5-18(26)15-29/h3,6-7,13,16,18-19,29H,1,4-5,8-12,14-15H2,2H3/t16-,18-,19-,25+/m0/s1. The molecule has 0 bridgehead atoms. The molecule has 4 aliphatic rings. The number of rotatable bonds is 6. The van der Waals surface area contributed by atoms with Gasteiger partial charge in [0.05, 0.1) is 37.4 Å². The zero-order chi connectivity index (χ0) is 24.0. The highest BCUT2D eigenvalue weighted by atomic mass is 16.6. The fourth-order valence-corrected chi connectivity index (χ4v) is 5.96. The van der Waals surface area contributed by atoms with Crippen LogP contribution in [0.4, 0.5) is 16.2 Å². The molecule has 182 valence electrons. The van der Waals surface area contributed by atoms with Gasteiger partial charge in [-0.25, -0.2) is 4.79 Å². The molecule has 3 saturated heterocycles. The first-order valence-corrected chi connectivity index (χ1v) is 12.0. The molecule has 0 unspecified atom stereocenters. The molecule has 3 fully saturated rings. The topological polar surface area (TPSA) is 99.6 Å². The van der Waals surface area contributed by atoms with Gasteiger partial charge in [0.25, 0.3) is 5.91 Å². The van der Waals surface area contributed by atoms with E-state index in [1.165, 1.54) is 0 Å². The van der Waals surface area contributed by atoms with E-state index >= 15 is 0 Å². The molecule has 1 aromatic carbocycles. The Bertz CT molecular complexity index is 1030. The van der Waals surface area contributed by atoms with E-state index in [0.717, 1.165) is 18.5 Å². The number of anilines is 2. The molecule has 0 radical (unpaired) electrons. The van der Waals surface area contributed by atoms with Gasteiger partial charge in [0, 0.05) is 30.3 Å². The van der Waals surface area contributed by atoms with Gasteiger partial charge >= 0.3 is 6.09 Å². The third-order valence-corrected chi connectivity index (χ3v) is 7.59. The number of fused-ring (bicyclic) bond motifs is 2. The number of aliphatic hydroxyl groups excluding tert-OH is 1. The lowest BCUT2D eigenvalue weighted by Crippen LogP contribution is -2.44. The number of benzene rings is 1. The number of likely N-dealkylation sites (tertiary alicyclic amines) is 1. The summed E-state index contributed by atoms with van der Waals surface area (Å²) in [5, 5.41) is 9.59. The fourth-order valence-electron chi connectivity index (χ4n) is 5.96. The molecule has 0 aromatic heterocycles. The largest absolute Gasteiger partial charge is 0.447 e.